The number of urea groups is 1. The van der Waals surface area contributed by atoms with E-state index in [-0.39, 0.29) is 11.9 Å². The van der Waals surface area contributed by atoms with Crippen LogP contribution < -0.4 is 4.90 Å². The highest BCUT2D eigenvalue weighted by Crippen LogP contribution is 2.32. The third-order valence-electron chi connectivity index (χ3n) is 4.54. The number of hydrogen-bond donors (Lipinski definition) is 0. The van der Waals surface area contributed by atoms with E-state index in [1.165, 1.54) is 4.90 Å². The van der Waals surface area contributed by atoms with Crippen LogP contribution in [-0.4, -0.2) is 45.1 Å². The number of nitrogens with zero attached hydrogens (tertiary/aromatic N) is 4. The lowest BCUT2D eigenvalue weighted by atomic mass is 10.0. The molecule has 6 nitrogen and oxygen atoms in total. The van der Waals surface area contributed by atoms with Crippen LogP contribution in [0.1, 0.15) is 19.4 Å². The van der Waals surface area contributed by atoms with Gasteiger partial charge in [0.05, 0.1) is 18.7 Å². The van der Waals surface area contributed by atoms with Crippen LogP contribution in [-0.2, 0) is 17.8 Å². The van der Waals surface area contributed by atoms with Crippen molar-refractivity contribution < 1.29 is 14.0 Å². The molecular formula is C18H21FN4O2. The van der Waals surface area contributed by atoms with Crippen molar-refractivity contribution in [1.29, 1.82) is 0 Å². The maximum Gasteiger partial charge on any atom is 0.332 e. The van der Waals surface area contributed by atoms with Crippen molar-refractivity contribution in [2.24, 2.45) is 0 Å². The first-order valence-electron chi connectivity index (χ1n) is 8.22. The van der Waals surface area contributed by atoms with E-state index in [1.807, 2.05) is 10.8 Å². The van der Waals surface area contributed by atoms with E-state index < -0.39 is 12.2 Å². The van der Waals surface area contributed by atoms with E-state index in [0.29, 0.717) is 25.2 Å². The molecule has 0 spiro atoms. The Morgan fingerprint density at radius 2 is 1.84 bits per heavy atom. The van der Waals surface area contributed by atoms with Crippen LogP contribution in [0, 0.1) is 0 Å². The number of hydrogen-bond acceptors (Lipinski definition) is 3. The first kappa shape index (κ1) is 17.1. The van der Waals surface area contributed by atoms with Gasteiger partial charge in [0.15, 0.2) is 0 Å². The average molecular weight is 344 g/mol. The van der Waals surface area contributed by atoms with Crippen molar-refractivity contribution in [3.8, 4) is 0 Å². The van der Waals surface area contributed by atoms with Gasteiger partial charge in [-0.3, -0.25) is 9.18 Å². The number of aromatic nitrogens is 2. The summed E-state index contributed by atoms with van der Waals surface area (Å²) in [5.41, 5.74) is 0.423. The zero-order valence-corrected chi connectivity index (χ0v) is 14.4. The van der Waals surface area contributed by atoms with Crippen LogP contribution >= 0.6 is 0 Å². The number of aryl methyl sites for hydroxylation is 1. The lowest BCUT2D eigenvalue weighted by molar-refractivity contribution is -0.123. The standard InChI is InChI=1S/C18H21FN4O2/c1-18(2)16(24)23(15-5-3-14(4-6-15)7-8-19)17(25)22(18)12-11-21-10-9-20-13-21/h3-6,9-10,13H,7-8,11-12H2,1-2H3. The number of benzene rings is 1. The van der Waals surface area contributed by atoms with Gasteiger partial charge in [0.2, 0.25) is 0 Å². The Morgan fingerprint density at radius 3 is 2.44 bits per heavy atom. The number of carbonyl (C=O) groups is 2. The highest BCUT2D eigenvalue weighted by molar-refractivity contribution is 6.22. The molecule has 0 saturated carbocycles. The summed E-state index contributed by atoms with van der Waals surface area (Å²) in [5, 5.41) is 0. The van der Waals surface area contributed by atoms with Crippen LogP contribution in [0.2, 0.25) is 0 Å². The lowest BCUT2D eigenvalue weighted by Crippen LogP contribution is -2.45. The number of anilines is 1. The van der Waals surface area contributed by atoms with E-state index in [2.05, 4.69) is 4.98 Å². The molecule has 1 saturated heterocycles. The molecule has 1 aromatic carbocycles. The van der Waals surface area contributed by atoms with Crippen LogP contribution in [0.5, 0.6) is 0 Å². The van der Waals surface area contributed by atoms with E-state index in [4.69, 9.17) is 0 Å². The predicted octanol–water partition coefficient (Wildman–Crippen LogP) is 2.64. The molecular weight excluding hydrogens is 323 g/mol. The van der Waals surface area contributed by atoms with Crippen LogP contribution in [0.3, 0.4) is 0 Å². The normalized spacial score (nSPS) is 16.8. The van der Waals surface area contributed by atoms with Gasteiger partial charge in [-0.05, 0) is 31.5 Å². The SMILES string of the molecule is CC1(C)C(=O)N(c2ccc(CCF)cc2)C(=O)N1CCn1ccnc1. The maximum absolute atomic E-state index is 12.8. The second-order valence-electron chi connectivity index (χ2n) is 6.54. The van der Waals surface area contributed by atoms with Gasteiger partial charge in [-0.1, -0.05) is 12.1 Å². The lowest BCUT2D eigenvalue weighted by Gasteiger charge is -2.27. The van der Waals surface area contributed by atoms with E-state index in [9.17, 15) is 14.0 Å². The summed E-state index contributed by atoms with van der Waals surface area (Å²) in [6.07, 6.45) is 5.49. The maximum atomic E-state index is 12.8. The van der Waals surface area contributed by atoms with Gasteiger partial charge in [0, 0.05) is 31.9 Å². The second-order valence-corrected chi connectivity index (χ2v) is 6.54. The van der Waals surface area contributed by atoms with Crippen molar-refractivity contribution in [3.63, 3.8) is 0 Å². The van der Waals surface area contributed by atoms with Crippen molar-refractivity contribution in [2.75, 3.05) is 18.1 Å². The fourth-order valence-electron chi connectivity index (χ4n) is 2.99. The molecule has 2 heterocycles. The van der Waals surface area contributed by atoms with Gasteiger partial charge >= 0.3 is 6.03 Å². The fourth-order valence-corrected chi connectivity index (χ4v) is 2.99. The molecule has 3 rings (SSSR count). The second kappa shape index (κ2) is 6.66. The molecule has 1 aromatic heterocycles. The molecule has 3 amide bonds. The number of imidazole rings is 1. The van der Waals surface area contributed by atoms with Gasteiger partial charge < -0.3 is 9.47 Å². The quantitative estimate of drug-likeness (QED) is 0.757. The van der Waals surface area contributed by atoms with Crippen LogP contribution in [0.15, 0.2) is 43.0 Å². The first-order chi connectivity index (χ1) is 11.9. The molecule has 1 aliphatic rings. The van der Waals surface area contributed by atoms with E-state index in [1.54, 1.807) is 55.5 Å². The zero-order chi connectivity index (χ0) is 18.0. The largest absolute Gasteiger partial charge is 0.336 e. The molecule has 0 N–H and O–H groups in total. The molecule has 1 aliphatic heterocycles. The highest BCUT2D eigenvalue weighted by atomic mass is 19.1. The molecule has 0 bridgehead atoms. The minimum Gasteiger partial charge on any atom is -0.336 e. The van der Waals surface area contributed by atoms with Gasteiger partial charge in [-0.2, -0.15) is 0 Å². The molecule has 25 heavy (non-hydrogen) atoms. The summed E-state index contributed by atoms with van der Waals surface area (Å²) >= 11 is 0. The molecule has 0 radical (unpaired) electrons. The van der Waals surface area contributed by atoms with Crippen LogP contribution in [0.25, 0.3) is 0 Å². The van der Waals surface area contributed by atoms with Crippen molar-refractivity contribution in [2.45, 2.75) is 32.4 Å². The first-order valence-corrected chi connectivity index (χ1v) is 8.22. The third-order valence-corrected chi connectivity index (χ3v) is 4.54. The number of amides is 3. The minimum absolute atomic E-state index is 0.263. The summed E-state index contributed by atoms with van der Waals surface area (Å²) in [7, 11) is 0. The van der Waals surface area contributed by atoms with Gasteiger partial charge in [0.25, 0.3) is 5.91 Å². The Labute approximate surface area is 145 Å². The summed E-state index contributed by atoms with van der Waals surface area (Å²) in [4.78, 5) is 32.4. The number of imide groups is 1. The number of rotatable bonds is 6. The Balaban J connectivity index is 1.81. The van der Waals surface area contributed by atoms with Crippen molar-refractivity contribution >= 4 is 17.6 Å². The highest BCUT2D eigenvalue weighted by Gasteiger charge is 2.51. The molecule has 0 atom stereocenters. The van der Waals surface area contributed by atoms with E-state index in [0.717, 1.165) is 5.56 Å². The molecule has 7 heteroatoms. The molecule has 1 fully saturated rings. The van der Waals surface area contributed by atoms with Crippen molar-refractivity contribution in [3.05, 3.63) is 48.5 Å². The van der Waals surface area contributed by atoms with E-state index >= 15 is 0 Å². The zero-order valence-electron chi connectivity index (χ0n) is 14.4. The summed E-state index contributed by atoms with van der Waals surface area (Å²) < 4.78 is 14.3. The average Bonchev–Trinajstić information content (AvgIpc) is 3.15. The van der Waals surface area contributed by atoms with Crippen LogP contribution in [0.4, 0.5) is 14.9 Å². The molecule has 0 unspecified atom stereocenters. The molecule has 0 aliphatic carbocycles. The number of carbonyl (C=O) groups excluding carboxylic acids is 2. The fraction of sp³-hybridized carbons (Fsp3) is 0.389. The summed E-state index contributed by atoms with van der Waals surface area (Å²) in [6.45, 7) is 4.03. The predicted molar refractivity (Wildman–Crippen MR) is 92.0 cm³/mol. The van der Waals surface area contributed by atoms with Crippen molar-refractivity contribution in [1.82, 2.24) is 14.5 Å². The number of halogens is 1. The topological polar surface area (TPSA) is 58.4 Å². The minimum atomic E-state index is -0.921. The van der Waals surface area contributed by atoms with Gasteiger partial charge in [-0.25, -0.2) is 14.7 Å². The molecule has 132 valence electrons. The Morgan fingerprint density at radius 1 is 1.12 bits per heavy atom. The third kappa shape index (κ3) is 3.14. The number of alkyl halides is 1. The Kier molecular flexibility index (Phi) is 4.57. The van der Waals surface area contributed by atoms with Gasteiger partial charge in [0.1, 0.15) is 5.54 Å². The summed E-state index contributed by atoms with van der Waals surface area (Å²) in [5.74, 6) is -0.263. The summed E-state index contributed by atoms with van der Waals surface area (Å²) in [6, 6.07) is 6.54. The molecule has 2 aromatic rings. The Hall–Kier alpha value is -2.70. The van der Waals surface area contributed by atoms with Gasteiger partial charge in [-0.15, -0.1) is 0 Å². The monoisotopic (exact) mass is 344 g/mol. The Bertz CT molecular complexity index is 756. The smallest absolute Gasteiger partial charge is 0.332 e.